The van der Waals surface area contributed by atoms with E-state index in [4.69, 9.17) is 9.47 Å². The van der Waals surface area contributed by atoms with Gasteiger partial charge in [-0.1, -0.05) is 48.5 Å². The van der Waals surface area contributed by atoms with Crippen LogP contribution < -0.4 is 0 Å². The minimum Gasteiger partial charge on any atom is -0.347 e. The zero-order valence-electron chi connectivity index (χ0n) is 13.6. The summed E-state index contributed by atoms with van der Waals surface area (Å²) >= 11 is 0. The fourth-order valence-corrected chi connectivity index (χ4v) is 3.55. The zero-order valence-corrected chi connectivity index (χ0v) is 13.6. The molecule has 0 radical (unpaired) electrons. The van der Waals surface area contributed by atoms with Crippen molar-refractivity contribution >= 4 is 5.91 Å². The summed E-state index contributed by atoms with van der Waals surface area (Å²) in [6.45, 7) is 2.65. The molecule has 0 aliphatic carbocycles. The highest BCUT2D eigenvalue weighted by atomic mass is 16.7. The van der Waals surface area contributed by atoms with E-state index in [9.17, 15) is 4.79 Å². The first-order valence-corrected chi connectivity index (χ1v) is 8.49. The fraction of sp³-hybridized carbons (Fsp3) is 0.350. The van der Waals surface area contributed by atoms with Crippen molar-refractivity contribution in [3.63, 3.8) is 0 Å². The topological polar surface area (TPSA) is 38.8 Å². The summed E-state index contributed by atoms with van der Waals surface area (Å²) < 4.78 is 11.5. The first-order valence-electron chi connectivity index (χ1n) is 8.49. The van der Waals surface area contributed by atoms with Gasteiger partial charge in [0.15, 0.2) is 5.79 Å². The summed E-state index contributed by atoms with van der Waals surface area (Å²) in [5.41, 5.74) is 2.81. The lowest BCUT2D eigenvalue weighted by Gasteiger charge is -2.37. The molecule has 0 bridgehead atoms. The number of amides is 1. The number of rotatable bonds is 2. The highest BCUT2D eigenvalue weighted by Crippen LogP contribution is 2.32. The minimum absolute atomic E-state index is 0.0855. The molecule has 4 heteroatoms. The lowest BCUT2D eigenvalue weighted by Crippen LogP contribution is -2.47. The SMILES string of the molecule is O=C(c1ccccc1-c1ccccc1)N1CCC2(CC1)OCCO2. The van der Waals surface area contributed by atoms with E-state index in [1.165, 1.54) is 0 Å². The van der Waals surface area contributed by atoms with E-state index in [0.717, 1.165) is 29.5 Å². The van der Waals surface area contributed by atoms with Gasteiger partial charge in [0.2, 0.25) is 0 Å². The third kappa shape index (κ3) is 2.83. The Kier molecular flexibility index (Phi) is 4.08. The van der Waals surface area contributed by atoms with Gasteiger partial charge in [-0.15, -0.1) is 0 Å². The maximum Gasteiger partial charge on any atom is 0.254 e. The maximum atomic E-state index is 13.0. The van der Waals surface area contributed by atoms with Gasteiger partial charge in [-0.25, -0.2) is 0 Å². The van der Waals surface area contributed by atoms with Crippen molar-refractivity contribution in [2.24, 2.45) is 0 Å². The van der Waals surface area contributed by atoms with Gasteiger partial charge >= 0.3 is 0 Å². The van der Waals surface area contributed by atoms with Crippen molar-refractivity contribution in [2.75, 3.05) is 26.3 Å². The van der Waals surface area contributed by atoms with Crippen LogP contribution in [-0.2, 0) is 9.47 Å². The Morgan fingerprint density at radius 3 is 2.21 bits per heavy atom. The largest absolute Gasteiger partial charge is 0.347 e. The molecule has 2 aromatic rings. The molecule has 124 valence electrons. The van der Waals surface area contributed by atoms with Crippen molar-refractivity contribution < 1.29 is 14.3 Å². The Morgan fingerprint density at radius 2 is 1.50 bits per heavy atom. The maximum absolute atomic E-state index is 13.0. The van der Waals surface area contributed by atoms with E-state index in [1.54, 1.807) is 0 Å². The normalized spacial score (nSPS) is 19.6. The Hall–Kier alpha value is -2.17. The monoisotopic (exact) mass is 323 g/mol. The summed E-state index contributed by atoms with van der Waals surface area (Å²) in [7, 11) is 0. The lowest BCUT2D eigenvalue weighted by atomic mass is 9.97. The summed E-state index contributed by atoms with van der Waals surface area (Å²) in [6, 6.07) is 17.9. The van der Waals surface area contributed by atoms with E-state index in [-0.39, 0.29) is 5.91 Å². The molecular weight excluding hydrogens is 302 g/mol. The first-order chi connectivity index (χ1) is 11.8. The Morgan fingerprint density at radius 1 is 0.875 bits per heavy atom. The Balaban J connectivity index is 1.55. The second-order valence-electron chi connectivity index (χ2n) is 6.31. The third-order valence-electron chi connectivity index (χ3n) is 4.87. The van der Waals surface area contributed by atoms with Crippen LogP contribution in [0.1, 0.15) is 23.2 Å². The minimum atomic E-state index is -0.449. The highest BCUT2D eigenvalue weighted by molar-refractivity contribution is 6.00. The first kappa shape index (κ1) is 15.4. The van der Waals surface area contributed by atoms with Crippen molar-refractivity contribution in [1.29, 1.82) is 0 Å². The van der Waals surface area contributed by atoms with Crippen LogP contribution in [-0.4, -0.2) is 42.9 Å². The van der Waals surface area contributed by atoms with Gasteiger partial charge in [0.25, 0.3) is 5.91 Å². The van der Waals surface area contributed by atoms with E-state index < -0.39 is 5.79 Å². The van der Waals surface area contributed by atoms with Gasteiger partial charge in [-0.2, -0.15) is 0 Å². The number of hydrogen-bond donors (Lipinski definition) is 0. The van der Waals surface area contributed by atoms with E-state index in [0.29, 0.717) is 26.3 Å². The van der Waals surface area contributed by atoms with Gasteiger partial charge in [0.1, 0.15) is 0 Å². The number of nitrogens with zero attached hydrogens (tertiary/aromatic N) is 1. The van der Waals surface area contributed by atoms with Crippen LogP contribution in [0.5, 0.6) is 0 Å². The molecule has 2 aliphatic rings. The predicted molar refractivity (Wildman–Crippen MR) is 91.7 cm³/mol. The quantitative estimate of drug-likeness (QED) is 0.851. The molecule has 1 amide bonds. The number of carbonyl (C=O) groups is 1. The number of ether oxygens (including phenoxy) is 2. The Labute approximate surface area is 142 Å². The molecule has 0 atom stereocenters. The van der Waals surface area contributed by atoms with Crippen LogP contribution in [0.25, 0.3) is 11.1 Å². The third-order valence-corrected chi connectivity index (χ3v) is 4.87. The molecule has 2 aromatic carbocycles. The van der Waals surface area contributed by atoms with E-state index in [2.05, 4.69) is 0 Å². The van der Waals surface area contributed by atoms with Crippen molar-refractivity contribution in [2.45, 2.75) is 18.6 Å². The second kappa shape index (κ2) is 6.38. The summed E-state index contributed by atoms with van der Waals surface area (Å²) in [5.74, 6) is -0.363. The van der Waals surface area contributed by atoms with Crippen LogP contribution in [0.2, 0.25) is 0 Å². The second-order valence-corrected chi connectivity index (χ2v) is 6.31. The van der Waals surface area contributed by atoms with Crippen LogP contribution in [0.4, 0.5) is 0 Å². The molecule has 1 spiro atoms. The standard InChI is InChI=1S/C20H21NO3/c22-19(21-12-10-20(11-13-21)23-14-15-24-20)18-9-5-4-8-17(18)16-6-2-1-3-7-16/h1-9H,10-15H2. The number of benzene rings is 2. The molecule has 2 saturated heterocycles. The van der Waals surface area contributed by atoms with Crippen LogP contribution in [0, 0.1) is 0 Å². The molecule has 2 heterocycles. The molecule has 0 N–H and O–H groups in total. The molecule has 2 aliphatic heterocycles. The highest BCUT2D eigenvalue weighted by Gasteiger charge is 2.41. The Bertz CT molecular complexity index is 713. The summed E-state index contributed by atoms with van der Waals surface area (Å²) in [4.78, 5) is 15.0. The van der Waals surface area contributed by atoms with Crippen LogP contribution in [0.3, 0.4) is 0 Å². The average molecular weight is 323 g/mol. The fourth-order valence-electron chi connectivity index (χ4n) is 3.55. The number of piperidine rings is 1. The molecule has 0 saturated carbocycles. The number of hydrogen-bond acceptors (Lipinski definition) is 3. The molecular formula is C20H21NO3. The van der Waals surface area contributed by atoms with Gasteiger partial charge in [0.05, 0.1) is 13.2 Å². The van der Waals surface area contributed by atoms with E-state index in [1.807, 2.05) is 59.5 Å². The lowest BCUT2D eigenvalue weighted by molar-refractivity contribution is -0.181. The van der Waals surface area contributed by atoms with Gasteiger partial charge in [-0.05, 0) is 17.2 Å². The zero-order chi connectivity index (χ0) is 16.4. The molecule has 0 unspecified atom stereocenters. The molecule has 2 fully saturated rings. The molecule has 4 nitrogen and oxygen atoms in total. The smallest absolute Gasteiger partial charge is 0.254 e. The summed E-state index contributed by atoms with van der Waals surface area (Å²) in [5, 5.41) is 0. The van der Waals surface area contributed by atoms with Gasteiger partial charge < -0.3 is 14.4 Å². The van der Waals surface area contributed by atoms with Gasteiger partial charge in [0, 0.05) is 31.5 Å². The van der Waals surface area contributed by atoms with Crippen molar-refractivity contribution in [3.8, 4) is 11.1 Å². The van der Waals surface area contributed by atoms with Crippen LogP contribution >= 0.6 is 0 Å². The van der Waals surface area contributed by atoms with Crippen LogP contribution in [0.15, 0.2) is 54.6 Å². The van der Waals surface area contributed by atoms with Crippen molar-refractivity contribution in [3.05, 3.63) is 60.2 Å². The molecule has 0 aromatic heterocycles. The predicted octanol–water partition coefficient (Wildman–Crippen LogP) is 3.33. The molecule has 24 heavy (non-hydrogen) atoms. The van der Waals surface area contributed by atoms with Crippen molar-refractivity contribution in [1.82, 2.24) is 4.90 Å². The number of likely N-dealkylation sites (tertiary alicyclic amines) is 1. The van der Waals surface area contributed by atoms with Gasteiger partial charge in [-0.3, -0.25) is 4.79 Å². The average Bonchev–Trinajstić information content (AvgIpc) is 3.10. The summed E-state index contributed by atoms with van der Waals surface area (Å²) in [6.07, 6.45) is 1.48. The van der Waals surface area contributed by atoms with E-state index >= 15 is 0 Å². The number of carbonyl (C=O) groups excluding carboxylic acids is 1. The molecule has 4 rings (SSSR count).